The highest BCUT2D eigenvalue weighted by Gasteiger charge is 2.34. The van der Waals surface area contributed by atoms with E-state index in [2.05, 4.69) is 26.1 Å². The fourth-order valence-corrected chi connectivity index (χ4v) is 2.27. The summed E-state index contributed by atoms with van der Waals surface area (Å²) in [5.41, 5.74) is 0.270. The Morgan fingerprint density at radius 2 is 1.82 bits per heavy atom. The molecule has 2 rings (SSSR count). The molecule has 0 unspecified atom stereocenters. The summed E-state index contributed by atoms with van der Waals surface area (Å²) in [4.78, 5) is 13.9. The molecule has 0 atom stereocenters. The van der Waals surface area contributed by atoms with E-state index in [4.69, 9.17) is 4.74 Å². The van der Waals surface area contributed by atoms with Gasteiger partial charge in [0.1, 0.15) is 6.61 Å². The predicted molar refractivity (Wildman–Crippen MR) is 66.8 cm³/mol. The van der Waals surface area contributed by atoms with E-state index in [1.165, 1.54) is 0 Å². The Hall–Kier alpha value is -0.610. The van der Waals surface area contributed by atoms with Crippen molar-refractivity contribution in [3.63, 3.8) is 0 Å². The Bertz CT molecular complexity index is 288. The van der Waals surface area contributed by atoms with Crippen LogP contribution in [-0.4, -0.2) is 49.2 Å². The first-order chi connectivity index (χ1) is 7.90. The Morgan fingerprint density at radius 3 is 2.29 bits per heavy atom. The summed E-state index contributed by atoms with van der Waals surface area (Å²) in [6.45, 7) is 10.3. The Labute approximate surface area is 104 Å². The van der Waals surface area contributed by atoms with Gasteiger partial charge in [0, 0.05) is 26.2 Å². The molecular weight excluding hydrogens is 216 g/mol. The minimum atomic E-state index is -0.120. The average molecular weight is 240 g/mol. The summed E-state index contributed by atoms with van der Waals surface area (Å²) >= 11 is 0. The van der Waals surface area contributed by atoms with Crippen LogP contribution in [0, 0.1) is 5.41 Å². The molecule has 0 aromatic rings. The number of rotatable bonds is 3. The van der Waals surface area contributed by atoms with Gasteiger partial charge in [-0.1, -0.05) is 13.8 Å². The largest absolute Gasteiger partial charge is 0.363 e. The third-order valence-corrected chi connectivity index (χ3v) is 4.01. The lowest BCUT2D eigenvalue weighted by molar-refractivity contribution is -0.147. The van der Waals surface area contributed by atoms with Gasteiger partial charge in [-0.25, -0.2) is 0 Å². The Morgan fingerprint density at radius 1 is 1.24 bits per heavy atom. The summed E-state index contributed by atoms with van der Waals surface area (Å²) in [6, 6.07) is 0. The third kappa shape index (κ3) is 3.19. The van der Waals surface area contributed by atoms with E-state index < -0.39 is 0 Å². The summed E-state index contributed by atoms with van der Waals surface area (Å²) < 4.78 is 5.68. The minimum absolute atomic E-state index is 0.120. The van der Waals surface area contributed by atoms with E-state index in [9.17, 15) is 4.79 Å². The summed E-state index contributed by atoms with van der Waals surface area (Å²) in [5, 5.41) is 3.17. The van der Waals surface area contributed by atoms with Gasteiger partial charge in [-0.05, 0) is 25.2 Å². The molecule has 1 amide bonds. The van der Waals surface area contributed by atoms with E-state index >= 15 is 0 Å². The standard InChI is InChI=1S/C13H24N2O2/c1-12(2)4-6-15(7-5-12)11(16)8-17-13(3)9-14-10-13/h14H,4-10H2,1-3H3. The van der Waals surface area contributed by atoms with Gasteiger partial charge in [0.05, 0.1) is 5.60 Å². The Kier molecular flexibility index (Phi) is 3.46. The number of hydrogen-bond donors (Lipinski definition) is 1. The molecule has 2 aliphatic heterocycles. The van der Waals surface area contributed by atoms with Crippen molar-refractivity contribution < 1.29 is 9.53 Å². The van der Waals surface area contributed by atoms with Crippen LogP contribution >= 0.6 is 0 Å². The van der Waals surface area contributed by atoms with Crippen molar-refractivity contribution in [1.82, 2.24) is 10.2 Å². The zero-order chi connectivity index (χ0) is 12.5. The molecule has 0 bridgehead atoms. The SMILES string of the molecule is CC1(C)CCN(C(=O)COC2(C)CNC2)CC1. The second-order valence-electron chi connectivity index (χ2n) is 6.39. The molecule has 1 N–H and O–H groups in total. The van der Waals surface area contributed by atoms with Crippen LogP contribution in [0.3, 0.4) is 0 Å². The number of amides is 1. The van der Waals surface area contributed by atoms with Crippen molar-refractivity contribution in [1.29, 1.82) is 0 Å². The van der Waals surface area contributed by atoms with Crippen molar-refractivity contribution in [2.24, 2.45) is 5.41 Å². The molecule has 2 fully saturated rings. The smallest absolute Gasteiger partial charge is 0.248 e. The molecular formula is C13H24N2O2. The van der Waals surface area contributed by atoms with Gasteiger partial charge in [0.15, 0.2) is 0 Å². The summed E-state index contributed by atoms with van der Waals surface area (Å²) in [5.74, 6) is 0.147. The predicted octanol–water partition coefficient (Wildman–Crippen LogP) is 1.01. The summed E-state index contributed by atoms with van der Waals surface area (Å²) in [6.07, 6.45) is 2.19. The first-order valence-electron chi connectivity index (χ1n) is 6.53. The van der Waals surface area contributed by atoms with Crippen molar-refractivity contribution in [2.75, 3.05) is 32.8 Å². The number of ether oxygens (including phenoxy) is 1. The van der Waals surface area contributed by atoms with E-state index in [1.807, 2.05) is 4.90 Å². The molecule has 4 nitrogen and oxygen atoms in total. The molecule has 0 aromatic carbocycles. The fraction of sp³-hybridized carbons (Fsp3) is 0.923. The van der Waals surface area contributed by atoms with Gasteiger partial charge in [0.2, 0.25) is 5.91 Å². The lowest BCUT2D eigenvalue weighted by Gasteiger charge is -2.40. The van der Waals surface area contributed by atoms with Crippen LogP contribution in [0.2, 0.25) is 0 Å². The fourth-order valence-electron chi connectivity index (χ4n) is 2.27. The molecule has 0 aromatic heterocycles. The molecule has 0 aliphatic carbocycles. The molecule has 2 heterocycles. The molecule has 0 spiro atoms. The molecule has 98 valence electrons. The van der Waals surface area contributed by atoms with Crippen molar-refractivity contribution >= 4 is 5.91 Å². The van der Waals surface area contributed by atoms with Crippen LogP contribution in [0.5, 0.6) is 0 Å². The number of carbonyl (C=O) groups excluding carboxylic acids is 1. The number of likely N-dealkylation sites (tertiary alicyclic amines) is 1. The topological polar surface area (TPSA) is 41.6 Å². The molecule has 4 heteroatoms. The molecule has 0 radical (unpaired) electrons. The average Bonchev–Trinajstić information content (AvgIpc) is 2.23. The molecule has 17 heavy (non-hydrogen) atoms. The monoisotopic (exact) mass is 240 g/mol. The number of nitrogens with one attached hydrogen (secondary N) is 1. The van der Waals surface area contributed by atoms with Gasteiger partial charge in [-0.3, -0.25) is 4.79 Å². The maximum absolute atomic E-state index is 12.0. The van der Waals surface area contributed by atoms with E-state index in [0.717, 1.165) is 39.0 Å². The highest BCUT2D eigenvalue weighted by molar-refractivity contribution is 5.77. The number of hydrogen-bond acceptors (Lipinski definition) is 3. The molecule has 2 aliphatic rings. The van der Waals surface area contributed by atoms with E-state index in [1.54, 1.807) is 0 Å². The van der Waals surface area contributed by atoms with Crippen molar-refractivity contribution in [2.45, 2.75) is 39.2 Å². The number of nitrogens with zero attached hydrogens (tertiary/aromatic N) is 1. The van der Waals surface area contributed by atoms with Gasteiger partial charge in [-0.2, -0.15) is 0 Å². The summed E-state index contributed by atoms with van der Waals surface area (Å²) in [7, 11) is 0. The van der Waals surface area contributed by atoms with Gasteiger partial charge >= 0.3 is 0 Å². The van der Waals surface area contributed by atoms with Crippen LogP contribution in [0.25, 0.3) is 0 Å². The third-order valence-electron chi connectivity index (χ3n) is 4.01. The van der Waals surface area contributed by atoms with Crippen LogP contribution in [0.4, 0.5) is 0 Å². The lowest BCUT2D eigenvalue weighted by Crippen LogP contribution is -2.60. The number of carbonyl (C=O) groups is 1. The van der Waals surface area contributed by atoms with Crippen molar-refractivity contribution in [3.8, 4) is 0 Å². The van der Waals surface area contributed by atoms with Crippen LogP contribution < -0.4 is 5.32 Å². The second-order valence-corrected chi connectivity index (χ2v) is 6.39. The van der Waals surface area contributed by atoms with Crippen LogP contribution in [0.1, 0.15) is 33.6 Å². The zero-order valence-corrected chi connectivity index (χ0v) is 11.2. The first kappa shape index (κ1) is 12.8. The molecule has 2 saturated heterocycles. The van der Waals surface area contributed by atoms with Gasteiger partial charge in [-0.15, -0.1) is 0 Å². The van der Waals surface area contributed by atoms with Crippen LogP contribution in [-0.2, 0) is 9.53 Å². The van der Waals surface area contributed by atoms with Crippen molar-refractivity contribution in [3.05, 3.63) is 0 Å². The van der Waals surface area contributed by atoms with Crippen LogP contribution in [0.15, 0.2) is 0 Å². The van der Waals surface area contributed by atoms with E-state index in [-0.39, 0.29) is 18.1 Å². The Balaban J connectivity index is 1.73. The van der Waals surface area contributed by atoms with Gasteiger partial charge in [0.25, 0.3) is 0 Å². The molecule has 0 saturated carbocycles. The normalized spacial score (nSPS) is 26.4. The van der Waals surface area contributed by atoms with E-state index in [0.29, 0.717) is 5.41 Å². The maximum Gasteiger partial charge on any atom is 0.248 e. The first-order valence-corrected chi connectivity index (χ1v) is 6.53. The second kappa shape index (κ2) is 4.58. The number of piperidine rings is 1. The maximum atomic E-state index is 12.0. The quantitative estimate of drug-likeness (QED) is 0.800. The minimum Gasteiger partial charge on any atom is -0.363 e. The lowest BCUT2D eigenvalue weighted by atomic mass is 9.83. The highest BCUT2D eigenvalue weighted by atomic mass is 16.5. The van der Waals surface area contributed by atoms with Gasteiger partial charge < -0.3 is 15.0 Å². The zero-order valence-electron chi connectivity index (χ0n) is 11.2. The highest BCUT2D eigenvalue weighted by Crippen LogP contribution is 2.29.